The fourth-order valence-corrected chi connectivity index (χ4v) is 3.58. The number of nitrogen functional groups attached to an aromatic ring is 1. The highest BCUT2D eigenvalue weighted by atomic mass is 16.5. The van der Waals surface area contributed by atoms with Gasteiger partial charge in [-0.1, -0.05) is 12.1 Å². The van der Waals surface area contributed by atoms with Crippen LogP contribution in [-0.4, -0.2) is 30.8 Å². The van der Waals surface area contributed by atoms with E-state index in [2.05, 4.69) is 22.6 Å². The average Bonchev–Trinajstić information content (AvgIpc) is 2.95. The second kappa shape index (κ2) is 8.35. The third kappa shape index (κ3) is 4.37. The van der Waals surface area contributed by atoms with Gasteiger partial charge in [0, 0.05) is 35.8 Å². The summed E-state index contributed by atoms with van der Waals surface area (Å²) < 4.78 is 11.8. The molecule has 0 saturated heterocycles. The molecule has 0 aliphatic carbocycles. The van der Waals surface area contributed by atoms with Crippen molar-refractivity contribution in [3.8, 4) is 11.5 Å². The summed E-state index contributed by atoms with van der Waals surface area (Å²) in [6.07, 6.45) is 6.50. The number of aryl methyl sites for hydroxylation is 1. The summed E-state index contributed by atoms with van der Waals surface area (Å²) in [6.45, 7) is 2.54. The third-order valence-corrected chi connectivity index (χ3v) is 5.05. The molecule has 0 saturated carbocycles. The van der Waals surface area contributed by atoms with Crippen molar-refractivity contribution >= 4 is 16.6 Å². The first-order valence-electron chi connectivity index (χ1n) is 9.74. The number of hydrogen-bond donors (Lipinski definition) is 3. The third-order valence-electron chi connectivity index (χ3n) is 5.05. The molecule has 2 aromatic carbocycles. The van der Waals surface area contributed by atoms with Crippen LogP contribution in [0.15, 0.2) is 48.7 Å². The molecule has 3 aromatic rings. The molecule has 0 amide bonds. The number of ether oxygens (including phenoxy) is 2. The molecule has 0 fully saturated rings. The van der Waals surface area contributed by atoms with Crippen LogP contribution >= 0.6 is 0 Å². The van der Waals surface area contributed by atoms with Crippen molar-refractivity contribution in [1.29, 1.82) is 0 Å². The molecule has 1 atom stereocenters. The molecule has 5 nitrogen and oxygen atoms in total. The number of nitrogens with one attached hydrogen (secondary N) is 2. The maximum Gasteiger partial charge on any atom is 0.161 e. The van der Waals surface area contributed by atoms with E-state index in [4.69, 9.17) is 15.2 Å². The van der Waals surface area contributed by atoms with E-state index in [9.17, 15) is 0 Å². The predicted molar refractivity (Wildman–Crippen MR) is 109 cm³/mol. The summed E-state index contributed by atoms with van der Waals surface area (Å²) in [6, 6.07) is 13.9. The minimum atomic E-state index is 0.158. The Hall–Kier alpha value is -2.66. The first-order chi connectivity index (χ1) is 13.3. The Morgan fingerprint density at radius 3 is 2.93 bits per heavy atom. The Morgan fingerprint density at radius 1 is 1.11 bits per heavy atom. The van der Waals surface area contributed by atoms with Crippen molar-refractivity contribution in [2.75, 3.05) is 25.4 Å². The van der Waals surface area contributed by atoms with E-state index >= 15 is 0 Å². The Balaban J connectivity index is 1.19. The molecule has 1 aliphatic heterocycles. The first-order valence-corrected chi connectivity index (χ1v) is 9.74. The number of nitrogens with two attached hydrogens (primary N) is 1. The second-order valence-corrected chi connectivity index (χ2v) is 7.10. The van der Waals surface area contributed by atoms with Crippen LogP contribution < -0.4 is 20.5 Å². The van der Waals surface area contributed by atoms with Crippen LogP contribution in [0.5, 0.6) is 11.5 Å². The molecule has 27 heavy (non-hydrogen) atoms. The van der Waals surface area contributed by atoms with Crippen molar-refractivity contribution in [3.63, 3.8) is 0 Å². The SMILES string of the molecule is Nc1ccc2[nH]cc(CCCCNCC3CCOc4ccccc4O3)c2c1. The van der Waals surface area contributed by atoms with Gasteiger partial charge in [-0.15, -0.1) is 0 Å². The monoisotopic (exact) mass is 365 g/mol. The number of para-hydroxylation sites is 2. The van der Waals surface area contributed by atoms with Gasteiger partial charge in [-0.2, -0.15) is 0 Å². The fourth-order valence-electron chi connectivity index (χ4n) is 3.58. The van der Waals surface area contributed by atoms with E-state index in [1.54, 1.807) is 0 Å². The minimum absolute atomic E-state index is 0.158. The van der Waals surface area contributed by atoms with E-state index in [1.807, 2.05) is 36.4 Å². The van der Waals surface area contributed by atoms with Gasteiger partial charge < -0.3 is 25.5 Å². The van der Waals surface area contributed by atoms with Crippen molar-refractivity contribution < 1.29 is 9.47 Å². The molecule has 1 aliphatic rings. The van der Waals surface area contributed by atoms with Crippen molar-refractivity contribution in [3.05, 3.63) is 54.2 Å². The first kappa shape index (κ1) is 17.7. The van der Waals surface area contributed by atoms with Gasteiger partial charge in [0.1, 0.15) is 6.10 Å². The van der Waals surface area contributed by atoms with Gasteiger partial charge >= 0.3 is 0 Å². The van der Waals surface area contributed by atoms with Crippen LogP contribution in [0.25, 0.3) is 10.9 Å². The molecule has 0 spiro atoms. The maximum atomic E-state index is 6.08. The van der Waals surface area contributed by atoms with Crippen LogP contribution in [0.1, 0.15) is 24.8 Å². The van der Waals surface area contributed by atoms with Gasteiger partial charge in [0.05, 0.1) is 6.61 Å². The van der Waals surface area contributed by atoms with Crippen LogP contribution in [0.2, 0.25) is 0 Å². The van der Waals surface area contributed by atoms with Gasteiger partial charge in [0.15, 0.2) is 11.5 Å². The molecule has 2 heterocycles. The fraction of sp³-hybridized carbons (Fsp3) is 0.364. The number of fused-ring (bicyclic) bond motifs is 2. The molecule has 4 N–H and O–H groups in total. The largest absolute Gasteiger partial charge is 0.490 e. The lowest BCUT2D eigenvalue weighted by atomic mass is 10.1. The summed E-state index contributed by atoms with van der Waals surface area (Å²) in [7, 11) is 0. The number of hydrogen-bond acceptors (Lipinski definition) is 4. The predicted octanol–water partition coefficient (Wildman–Crippen LogP) is 3.89. The van der Waals surface area contributed by atoms with E-state index in [0.717, 1.165) is 61.5 Å². The Morgan fingerprint density at radius 2 is 2.00 bits per heavy atom. The number of aromatic amines is 1. The number of unbranched alkanes of at least 4 members (excludes halogenated alkanes) is 1. The summed E-state index contributed by atoms with van der Waals surface area (Å²) in [5, 5.41) is 4.78. The summed E-state index contributed by atoms with van der Waals surface area (Å²) in [5.41, 5.74) is 9.24. The minimum Gasteiger partial charge on any atom is -0.490 e. The molecule has 142 valence electrons. The van der Waals surface area contributed by atoms with Gasteiger partial charge in [-0.3, -0.25) is 0 Å². The zero-order valence-corrected chi connectivity index (χ0v) is 15.5. The zero-order chi connectivity index (χ0) is 18.5. The number of anilines is 1. The maximum absolute atomic E-state index is 6.08. The van der Waals surface area contributed by atoms with Gasteiger partial charge in [0.25, 0.3) is 0 Å². The smallest absolute Gasteiger partial charge is 0.161 e. The lowest BCUT2D eigenvalue weighted by Crippen LogP contribution is -2.32. The highest BCUT2D eigenvalue weighted by Gasteiger charge is 2.17. The van der Waals surface area contributed by atoms with Gasteiger partial charge in [-0.25, -0.2) is 0 Å². The Kier molecular flexibility index (Phi) is 5.49. The van der Waals surface area contributed by atoms with E-state index in [0.29, 0.717) is 6.61 Å². The number of H-pyrrole nitrogens is 1. The standard InChI is InChI=1S/C22H27N3O2/c23-17-8-9-20-19(13-17)16(14-25-20)5-3-4-11-24-15-18-10-12-26-21-6-1-2-7-22(21)27-18/h1-2,6-9,13-14,18,24-25H,3-5,10-12,15,23H2. The molecule has 0 radical (unpaired) electrons. The number of benzene rings is 2. The van der Waals surface area contributed by atoms with Gasteiger partial charge in [-0.05, 0) is 61.7 Å². The molecule has 0 bridgehead atoms. The quantitative estimate of drug-likeness (QED) is 0.439. The lowest BCUT2D eigenvalue weighted by Gasteiger charge is -2.16. The molecule has 1 aromatic heterocycles. The van der Waals surface area contributed by atoms with Crippen LogP contribution in [0.4, 0.5) is 5.69 Å². The van der Waals surface area contributed by atoms with Crippen LogP contribution in [0, 0.1) is 0 Å². The van der Waals surface area contributed by atoms with Crippen LogP contribution in [-0.2, 0) is 6.42 Å². The van der Waals surface area contributed by atoms with Crippen molar-refractivity contribution in [2.45, 2.75) is 31.8 Å². The van der Waals surface area contributed by atoms with Crippen molar-refractivity contribution in [1.82, 2.24) is 10.3 Å². The topological polar surface area (TPSA) is 72.3 Å². The van der Waals surface area contributed by atoms with Crippen molar-refractivity contribution in [2.24, 2.45) is 0 Å². The molecule has 4 rings (SSSR count). The normalized spacial score (nSPS) is 16.4. The summed E-state index contributed by atoms with van der Waals surface area (Å²) >= 11 is 0. The van der Waals surface area contributed by atoms with Gasteiger partial charge in [0.2, 0.25) is 0 Å². The zero-order valence-electron chi connectivity index (χ0n) is 15.5. The highest BCUT2D eigenvalue weighted by molar-refractivity contribution is 5.86. The summed E-state index contributed by atoms with van der Waals surface area (Å²) in [4.78, 5) is 3.32. The average molecular weight is 365 g/mol. The number of rotatable bonds is 7. The number of aromatic nitrogens is 1. The van der Waals surface area contributed by atoms with E-state index in [-0.39, 0.29) is 6.10 Å². The Labute approximate surface area is 159 Å². The lowest BCUT2D eigenvalue weighted by molar-refractivity contribution is 0.187. The summed E-state index contributed by atoms with van der Waals surface area (Å²) in [5.74, 6) is 1.69. The van der Waals surface area contributed by atoms with E-state index in [1.165, 1.54) is 10.9 Å². The molecular weight excluding hydrogens is 338 g/mol. The highest BCUT2D eigenvalue weighted by Crippen LogP contribution is 2.30. The molecule has 5 heteroatoms. The van der Waals surface area contributed by atoms with Crippen LogP contribution in [0.3, 0.4) is 0 Å². The Bertz CT molecular complexity index is 890. The molecule has 1 unspecified atom stereocenters. The van der Waals surface area contributed by atoms with E-state index < -0.39 is 0 Å². The molecular formula is C22H27N3O2. The second-order valence-electron chi connectivity index (χ2n) is 7.10.